The Morgan fingerprint density at radius 3 is 2.67 bits per heavy atom. The number of ether oxygens (including phenoxy) is 1. The number of hydrogen-bond donors (Lipinski definition) is 2. The highest BCUT2D eigenvalue weighted by Gasteiger charge is 2.17. The second-order valence-corrected chi connectivity index (χ2v) is 8.04. The van der Waals surface area contributed by atoms with Gasteiger partial charge in [0.05, 0.1) is 24.4 Å². The molecule has 0 unspecified atom stereocenters. The summed E-state index contributed by atoms with van der Waals surface area (Å²) >= 11 is 1.73. The number of nitrogens with one attached hydrogen (secondary N) is 2. The Morgan fingerprint density at radius 2 is 2.04 bits per heavy atom. The summed E-state index contributed by atoms with van der Waals surface area (Å²) in [6.07, 6.45) is 0.893. The molecule has 0 radical (unpaired) electrons. The molecular weight excluding hydrogens is 471 g/mol. The van der Waals surface area contributed by atoms with Gasteiger partial charge in [-0.15, -0.1) is 35.3 Å². The third-order valence-electron chi connectivity index (χ3n) is 3.85. The summed E-state index contributed by atoms with van der Waals surface area (Å²) in [5.74, 6) is 1.68. The molecule has 0 aliphatic heterocycles. The smallest absolute Gasteiger partial charge is 0.191 e. The normalized spacial score (nSPS) is 11.7. The Bertz CT molecular complexity index is 725. The summed E-state index contributed by atoms with van der Waals surface area (Å²) in [7, 11) is 1.68. The van der Waals surface area contributed by atoms with Crippen LogP contribution in [0.15, 0.2) is 34.6 Å². The van der Waals surface area contributed by atoms with Crippen molar-refractivity contribution in [1.82, 2.24) is 15.6 Å². The molecule has 0 bridgehead atoms. The highest BCUT2D eigenvalue weighted by atomic mass is 127. The molecule has 1 aromatic heterocycles. The van der Waals surface area contributed by atoms with E-state index in [1.807, 2.05) is 18.2 Å². The Hall–Kier alpha value is -1.35. The van der Waals surface area contributed by atoms with Crippen LogP contribution in [-0.4, -0.2) is 31.1 Å². The number of halogens is 1. The van der Waals surface area contributed by atoms with Crippen LogP contribution in [0.2, 0.25) is 0 Å². The maximum atomic E-state index is 5.26. The number of guanidine groups is 1. The van der Waals surface area contributed by atoms with E-state index in [2.05, 4.69) is 54.8 Å². The van der Waals surface area contributed by atoms with Crippen LogP contribution in [0, 0.1) is 0 Å². The first-order valence-electron chi connectivity index (χ1n) is 9.02. The topological polar surface area (TPSA) is 58.5 Å². The van der Waals surface area contributed by atoms with Gasteiger partial charge in [0, 0.05) is 30.3 Å². The quantitative estimate of drug-likeness (QED) is 0.336. The summed E-state index contributed by atoms with van der Waals surface area (Å²) in [6.45, 7) is 10.9. The van der Waals surface area contributed by atoms with Crippen molar-refractivity contribution in [3.63, 3.8) is 0 Å². The predicted molar refractivity (Wildman–Crippen MR) is 126 cm³/mol. The van der Waals surface area contributed by atoms with Crippen LogP contribution in [-0.2, 0) is 18.4 Å². The van der Waals surface area contributed by atoms with Crippen molar-refractivity contribution < 1.29 is 4.74 Å². The van der Waals surface area contributed by atoms with Gasteiger partial charge < -0.3 is 15.4 Å². The van der Waals surface area contributed by atoms with Crippen molar-refractivity contribution in [1.29, 1.82) is 0 Å². The first-order valence-corrected chi connectivity index (χ1v) is 9.90. The second kappa shape index (κ2) is 11.5. The van der Waals surface area contributed by atoms with E-state index < -0.39 is 0 Å². The fraction of sp³-hybridized carbons (Fsp3) is 0.500. The van der Waals surface area contributed by atoms with Crippen molar-refractivity contribution in [2.75, 3.05) is 20.2 Å². The van der Waals surface area contributed by atoms with Gasteiger partial charge in [-0.05, 0) is 24.6 Å². The number of benzene rings is 1. The summed E-state index contributed by atoms with van der Waals surface area (Å²) < 4.78 is 5.26. The molecule has 27 heavy (non-hydrogen) atoms. The van der Waals surface area contributed by atoms with Crippen molar-refractivity contribution in [2.24, 2.45) is 4.99 Å². The SMILES string of the molecule is CCNC(=NCc1cccc(OC)c1)NCCc1nc(C(C)(C)C)cs1.I. The van der Waals surface area contributed by atoms with Crippen LogP contribution in [0.3, 0.4) is 0 Å². The molecule has 0 fully saturated rings. The lowest BCUT2D eigenvalue weighted by Crippen LogP contribution is -2.38. The second-order valence-electron chi connectivity index (χ2n) is 7.10. The zero-order chi connectivity index (χ0) is 19.0. The van der Waals surface area contributed by atoms with Gasteiger partial charge in [-0.2, -0.15) is 0 Å². The molecular formula is C20H31IN4OS. The van der Waals surface area contributed by atoms with Gasteiger partial charge in [0.25, 0.3) is 0 Å². The van der Waals surface area contributed by atoms with E-state index in [1.54, 1.807) is 18.4 Å². The van der Waals surface area contributed by atoms with E-state index >= 15 is 0 Å². The molecule has 0 aliphatic carbocycles. The maximum absolute atomic E-state index is 5.26. The number of rotatable bonds is 7. The van der Waals surface area contributed by atoms with E-state index in [4.69, 9.17) is 9.72 Å². The largest absolute Gasteiger partial charge is 0.497 e. The third-order valence-corrected chi connectivity index (χ3v) is 4.76. The number of thiazole rings is 1. The van der Waals surface area contributed by atoms with Crippen LogP contribution in [0.4, 0.5) is 0 Å². The van der Waals surface area contributed by atoms with Gasteiger partial charge in [0.1, 0.15) is 5.75 Å². The highest BCUT2D eigenvalue weighted by Crippen LogP contribution is 2.23. The predicted octanol–water partition coefficient (Wildman–Crippen LogP) is 4.37. The Labute approximate surface area is 184 Å². The minimum absolute atomic E-state index is 0. The van der Waals surface area contributed by atoms with Gasteiger partial charge in [0.15, 0.2) is 5.96 Å². The van der Waals surface area contributed by atoms with Crippen molar-refractivity contribution in [2.45, 2.75) is 46.1 Å². The van der Waals surface area contributed by atoms with Gasteiger partial charge in [-0.1, -0.05) is 32.9 Å². The average molecular weight is 502 g/mol. The number of aromatic nitrogens is 1. The molecule has 0 aliphatic rings. The van der Waals surface area contributed by atoms with Gasteiger partial charge >= 0.3 is 0 Å². The summed E-state index contributed by atoms with van der Waals surface area (Å²) in [5, 5.41) is 10.0. The molecule has 5 nitrogen and oxygen atoms in total. The molecule has 0 amide bonds. The molecule has 0 atom stereocenters. The van der Waals surface area contributed by atoms with Gasteiger partial charge in [-0.3, -0.25) is 0 Å². The number of nitrogens with zero attached hydrogens (tertiary/aromatic N) is 2. The van der Waals surface area contributed by atoms with Crippen LogP contribution >= 0.6 is 35.3 Å². The summed E-state index contributed by atoms with van der Waals surface area (Å²) in [4.78, 5) is 9.40. The summed E-state index contributed by atoms with van der Waals surface area (Å²) in [6, 6.07) is 7.99. The number of methoxy groups -OCH3 is 1. The lowest BCUT2D eigenvalue weighted by molar-refractivity contribution is 0.414. The monoisotopic (exact) mass is 502 g/mol. The van der Waals surface area contributed by atoms with Crippen molar-refractivity contribution >= 4 is 41.3 Å². The van der Waals surface area contributed by atoms with Gasteiger partial charge in [0.2, 0.25) is 0 Å². The Balaban J connectivity index is 0.00000364. The lowest BCUT2D eigenvalue weighted by atomic mass is 9.93. The van der Waals surface area contributed by atoms with Crippen molar-refractivity contribution in [3.05, 3.63) is 45.9 Å². The average Bonchev–Trinajstić information content (AvgIpc) is 3.09. The molecule has 1 heterocycles. The van der Waals surface area contributed by atoms with E-state index in [-0.39, 0.29) is 29.4 Å². The first kappa shape index (κ1) is 23.7. The molecule has 150 valence electrons. The first-order chi connectivity index (χ1) is 12.4. The zero-order valence-corrected chi connectivity index (χ0v) is 20.0. The fourth-order valence-electron chi connectivity index (χ4n) is 2.34. The Morgan fingerprint density at radius 1 is 1.26 bits per heavy atom. The standard InChI is InChI=1S/C20H30N4OS.HI/c1-6-21-19(23-13-15-8-7-9-16(12-15)25-5)22-11-10-18-24-17(14-26-18)20(2,3)4;/h7-9,12,14H,6,10-11,13H2,1-5H3,(H2,21,22,23);1H. The Kier molecular flexibility index (Phi) is 10.1. The minimum Gasteiger partial charge on any atom is -0.497 e. The summed E-state index contributed by atoms with van der Waals surface area (Å²) in [5.41, 5.74) is 2.39. The zero-order valence-electron chi connectivity index (χ0n) is 16.8. The van der Waals surface area contributed by atoms with E-state index in [9.17, 15) is 0 Å². The molecule has 0 saturated carbocycles. The highest BCUT2D eigenvalue weighted by molar-refractivity contribution is 14.0. The maximum Gasteiger partial charge on any atom is 0.191 e. The molecule has 2 aromatic rings. The minimum atomic E-state index is 0. The lowest BCUT2D eigenvalue weighted by Gasteiger charge is -2.14. The number of hydrogen-bond acceptors (Lipinski definition) is 4. The van der Waals surface area contributed by atoms with E-state index in [1.165, 1.54) is 0 Å². The molecule has 7 heteroatoms. The van der Waals surface area contributed by atoms with E-state index in [0.29, 0.717) is 6.54 Å². The van der Waals surface area contributed by atoms with Gasteiger partial charge in [-0.25, -0.2) is 9.98 Å². The molecule has 0 saturated heterocycles. The van der Waals surface area contributed by atoms with Crippen molar-refractivity contribution in [3.8, 4) is 5.75 Å². The van der Waals surface area contributed by atoms with E-state index in [0.717, 1.165) is 47.5 Å². The third kappa shape index (κ3) is 8.04. The van der Waals surface area contributed by atoms with Crippen LogP contribution in [0.1, 0.15) is 44.0 Å². The van der Waals surface area contributed by atoms with Crippen LogP contribution in [0.25, 0.3) is 0 Å². The molecule has 2 N–H and O–H groups in total. The number of aliphatic imine (C=N–C) groups is 1. The molecule has 0 spiro atoms. The van der Waals surface area contributed by atoms with Crippen LogP contribution < -0.4 is 15.4 Å². The molecule has 2 rings (SSSR count). The molecule has 1 aromatic carbocycles. The van der Waals surface area contributed by atoms with Crippen LogP contribution in [0.5, 0.6) is 5.75 Å². The fourth-order valence-corrected chi connectivity index (χ4v) is 3.37.